The predicted octanol–water partition coefficient (Wildman–Crippen LogP) is 1.55. The highest BCUT2D eigenvalue weighted by molar-refractivity contribution is 5.76. The molecule has 1 aliphatic carbocycles. The van der Waals surface area contributed by atoms with Crippen LogP contribution in [0, 0.1) is 5.92 Å². The van der Waals surface area contributed by atoms with E-state index in [-0.39, 0.29) is 24.1 Å². The lowest BCUT2D eigenvalue weighted by molar-refractivity contribution is -0.143. The van der Waals surface area contributed by atoms with Crippen LogP contribution >= 0.6 is 0 Å². The van der Waals surface area contributed by atoms with E-state index in [0.717, 1.165) is 19.3 Å². The number of hydrogen-bond acceptors (Lipinski definition) is 3. The van der Waals surface area contributed by atoms with Crippen LogP contribution in [0.3, 0.4) is 0 Å². The van der Waals surface area contributed by atoms with Crippen molar-refractivity contribution in [3.63, 3.8) is 0 Å². The molecule has 3 aliphatic rings. The summed E-state index contributed by atoms with van der Waals surface area (Å²) in [6, 6.07) is 0.302. The van der Waals surface area contributed by atoms with E-state index in [1.165, 1.54) is 6.42 Å². The highest BCUT2D eigenvalue weighted by Crippen LogP contribution is 2.30. The molecule has 0 aromatic rings. The van der Waals surface area contributed by atoms with E-state index >= 15 is 0 Å². The zero-order valence-electron chi connectivity index (χ0n) is 12.4. The Bertz CT molecular complexity index is 404. The molecular formula is C15H24N2O4. The number of carbonyl (C=O) groups excluding carboxylic acids is 1. The van der Waals surface area contributed by atoms with Gasteiger partial charge in [0.25, 0.3) is 0 Å². The second-order valence-corrected chi connectivity index (χ2v) is 6.34. The number of carbonyl (C=O) groups is 2. The number of aliphatic carboxylic acids is 1. The zero-order valence-corrected chi connectivity index (χ0v) is 12.4. The van der Waals surface area contributed by atoms with Gasteiger partial charge in [0.05, 0.1) is 24.7 Å². The van der Waals surface area contributed by atoms with Crippen molar-refractivity contribution in [2.45, 2.75) is 50.7 Å². The number of likely N-dealkylation sites (tertiary alicyclic amines) is 1. The van der Waals surface area contributed by atoms with Gasteiger partial charge >= 0.3 is 12.0 Å². The lowest BCUT2D eigenvalue weighted by Gasteiger charge is -2.46. The van der Waals surface area contributed by atoms with Crippen LogP contribution < -0.4 is 0 Å². The summed E-state index contributed by atoms with van der Waals surface area (Å²) in [5.74, 6) is -1.03. The fraction of sp³-hybridized carbons (Fsp3) is 0.867. The largest absolute Gasteiger partial charge is 0.481 e. The highest BCUT2D eigenvalue weighted by atomic mass is 16.5. The normalized spacial score (nSPS) is 30.9. The van der Waals surface area contributed by atoms with Crippen LogP contribution in [-0.2, 0) is 9.53 Å². The molecule has 2 unspecified atom stereocenters. The van der Waals surface area contributed by atoms with E-state index in [1.807, 2.05) is 9.80 Å². The molecule has 0 aromatic carbocycles. The summed E-state index contributed by atoms with van der Waals surface area (Å²) < 4.78 is 5.81. The molecule has 118 valence electrons. The number of fused-ring (bicyclic) bond motifs is 1. The Morgan fingerprint density at radius 1 is 1.00 bits per heavy atom. The van der Waals surface area contributed by atoms with Gasteiger partial charge in [-0.05, 0) is 25.7 Å². The minimum Gasteiger partial charge on any atom is -0.481 e. The second-order valence-electron chi connectivity index (χ2n) is 6.34. The van der Waals surface area contributed by atoms with Crippen LogP contribution in [0.15, 0.2) is 0 Å². The fourth-order valence-corrected chi connectivity index (χ4v) is 3.83. The SMILES string of the molecule is O=C(O)C1CCN(C(=O)N2CCOC3CCCCC32)CC1. The number of ether oxygens (including phenoxy) is 1. The number of carboxylic acid groups (broad SMARTS) is 1. The topological polar surface area (TPSA) is 70.1 Å². The Labute approximate surface area is 125 Å². The molecule has 6 heteroatoms. The van der Waals surface area contributed by atoms with Crippen LogP contribution in [0.25, 0.3) is 0 Å². The minimum absolute atomic E-state index is 0.0824. The first-order chi connectivity index (χ1) is 10.2. The van der Waals surface area contributed by atoms with Gasteiger partial charge in [-0.15, -0.1) is 0 Å². The van der Waals surface area contributed by atoms with Crippen molar-refractivity contribution in [1.29, 1.82) is 0 Å². The molecule has 1 saturated carbocycles. The number of rotatable bonds is 1. The monoisotopic (exact) mass is 296 g/mol. The second kappa shape index (κ2) is 6.22. The first kappa shape index (κ1) is 14.6. The molecule has 1 N–H and O–H groups in total. The molecule has 0 bridgehead atoms. The zero-order chi connectivity index (χ0) is 14.8. The number of hydrogen-bond donors (Lipinski definition) is 1. The molecule has 2 amide bonds. The van der Waals surface area contributed by atoms with Crippen LogP contribution in [0.5, 0.6) is 0 Å². The summed E-state index contributed by atoms with van der Waals surface area (Å²) in [5, 5.41) is 9.04. The molecule has 3 fully saturated rings. The van der Waals surface area contributed by atoms with Gasteiger partial charge in [-0.3, -0.25) is 4.79 Å². The average Bonchev–Trinajstić information content (AvgIpc) is 2.53. The Morgan fingerprint density at radius 2 is 1.71 bits per heavy atom. The van der Waals surface area contributed by atoms with Gasteiger partial charge in [0.15, 0.2) is 0 Å². The van der Waals surface area contributed by atoms with Crippen molar-refractivity contribution in [1.82, 2.24) is 9.80 Å². The predicted molar refractivity (Wildman–Crippen MR) is 76.0 cm³/mol. The fourth-order valence-electron chi connectivity index (χ4n) is 3.83. The van der Waals surface area contributed by atoms with E-state index in [2.05, 4.69) is 0 Å². The molecule has 0 radical (unpaired) electrons. The van der Waals surface area contributed by atoms with E-state index in [9.17, 15) is 9.59 Å². The molecule has 0 spiro atoms. The molecule has 21 heavy (non-hydrogen) atoms. The summed E-state index contributed by atoms with van der Waals surface area (Å²) in [6.07, 6.45) is 5.77. The van der Waals surface area contributed by atoms with E-state index in [1.54, 1.807) is 0 Å². The minimum atomic E-state index is -0.735. The molecule has 2 aliphatic heterocycles. The summed E-state index contributed by atoms with van der Waals surface area (Å²) in [5.41, 5.74) is 0. The smallest absolute Gasteiger partial charge is 0.320 e. The Balaban J connectivity index is 1.61. The molecule has 0 aromatic heterocycles. The van der Waals surface area contributed by atoms with E-state index in [0.29, 0.717) is 39.1 Å². The Hall–Kier alpha value is -1.30. The first-order valence-electron chi connectivity index (χ1n) is 8.07. The van der Waals surface area contributed by atoms with Crippen molar-refractivity contribution in [2.24, 2.45) is 5.92 Å². The maximum Gasteiger partial charge on any atom is 0.320 e. The van der Waals surface area contributed by atoms with Crippen LogP contribution in [-0.4, -0.2) is 65.3 Å². The molecule has 2 atom stereocenters. The number of piperidine rings is 1. The van der Waals surface area contributed by atoms with E-state index in [4.69, 9.17) is 9.84 Å². The third kappa shape index (κ3) is 3.00. The molecule has 2 heterocycles. The van der Waals surface area contributed by atoms with Gasteiger partial charge < -0.3 is 19.6 Å². The van der Waals surface area contributed by atoms with Gasteiger partial charge in [0.1, 0.15) is 0 Å². The van der Waals surface area contributed by atoms with Crippen molar-refractivity contribution in [3.8, 4) is 0 Å². The number of amides is 2. The maximum atomic E-state index is 12.7. The van der Waals surface area contributed by atoms with Crippen molar-refractivity contribution in [3.05, 3.63) is 0 Å². The van der Waals surface area contributed by atoms with Gasteiger partial charge in [-0.1, -0.05) is 12.8 Å². The van der Waals surface area contributed by atoms with Crippen molar-refractivity contribution >= 4 is 12.0 Å². The Kier molecular flexibility index (Phi) is 4.33. The summed E-state index contributed by atoms with van der Waals surface area (Å²) in [4.78, 5) is 27.5. The molecular weight excluding hydrogens is 272 g/mol. The summed E-state index contributed by atoms with van der Waals surface area (Å²) in [7, 11) is 0. The van der Waals surface area contributed by atoms with Gasteiger partial charge in [-0.2, -0.15) is 0 Å². The number of carboxylic acids is 1. The lowest BCUT2D eigenvalue weighted by Crippen LogP contribution is -2.59. The first-order valence-corrected chi connectivity index (χ1v) is 8.07. The van der Waals surface area contributed by atoms with Crippen molar-refractivity contribution < 1.29 is 19.4 Å². The van der Waals surface area contributed by atoms with Crippen LogP contribution in [0.4, 0.5) is 4.79 Å². The lowest BCUT2D eigenvalue weighted by atomic mass is 9.90. The van der Waals surface area contributed by atoms with Gasteiger partial charge in [-0.25, -0.2) is 4.79 Å². The summed E-state index contributed by atoms with van der Waals surface area (Å²) >= 11 is 0. The molecule has 3 rings (SSSR count). The molecule has 6 nitrogen and oxygen atoms in total. The highest BCUT2D eigenvalue weighted by Gasteiger charge is 2.39. The number of urea groups is 1. The third-order valence-corrected chi connectivity index (χ3v) is 5.09. The number of morpholine rings is 1. The van der Waals surface area contributed by atoms with Crippen LogP contribution in [0.1, 0.15) is 38.5 Å². The average molecular weight is 296 g/mol. The van der Waals surface area contributed by atoms with Gasteiger partial charge in [0, 0.05) is 19.6 Å². The standard InChI is InChI=1S/C15H24N2O4/c18-14(19)11-5-7-16(8-6-11)15(20)17-9-10-21-13-4-2-1-3-12(13)17/h11-13H,1-10H2,(H,18,19). The van der Waals surface area contributed by atoms with Crippen molar-refractivity contribution in [2.75, 3.05) is 26.2 Å². The van der Waals surface area contributed by atoms with Gasteiger partial charge in [0.2, 0.25) is 0 Å². The van der Waals surface area contributed by atoms with Crippen LogP contribution in [0.2, 0.25) is 0 Å². The maximum absolute atomic E-state index is 12.7. The molecule has 2 saturated heterocycles. The van der Waals surface area contributed by atoms with E-state index < -0.39 is 5.97 Å². The quantitative estimate of drug-likeness (QED) is 0.797. The number of nitrogens with zero attached hydrogens (tertiary/aromatic N) is 2. The third-order valence-electron chi connectivity index (χ3n) is 5.09. The Morgan fingerprint density at radius 3 is 2.43 bits per heavy atom. The summed E-state index contributed by atoms with van der Waals surface area (Å²) in [6.45, 7) is 2.41.